The van der Waals surface area contributed by atoms with E-state index in [9.17, 15) is 9.59 Å². The highest BCUT2D eigenvalue weighted by Gasteiger charge is 2.18. The molecule has 0 aliphatic heterocycles. The highest BCUT2D eigenvalue weighted by atomic mass is 35.5. The van der Waals surface area contributed by atoms with Crippen molar-refractivity contribution in [2.75, 3.05) is 13.7 Å². The third kappa shape index (κ3) is 5.11. The lowest BCUT2D eigenvalue weighted by molar-refractivity contribution is -0.142. The predicted molar refractivity (Wildman–Crippen MR) is 71.9 cm³/mol. The lowest BCUT2D eigenvalue weighted by atomic mass is 10.2. The van der Waals surface area contributed by atoms with Gasteiger partial charge in [0.05, 0.1) is 6.61 Å². The molecule has 0 aliphatic rings. The number of halogens is 1. The largest absolute Gasteiger partial charge is 0.480 e. The summed E-state index contributed by atoms with van der Waals surface area (Å²) >= 11 is 5.92. The van der Waals surface area contributed by atoms with E-state index in [0.717, 1.165) is 0 Å². The van der Waals surface area contributed by atoms with E-state index in [1.54, 1.807) is 24.3 Å². The molecule has 0 spiro atoms. The van der Waals surface area contributed by atoms with Gasteiger partial charge in [0.1, 0.15) is 0 Å². The number of carboxylic acids is 1. The highest BCUT2D eigenvalue weighted by molar-refractivity contribution is 6.32. The Morgan fingerprint density at radius 3 is 2.74 bits per heavy atom. The number of hydrogen-bond donors (Lipinski definition) is 2. The second-order valence-corrected chi connectivity index (χ2v) is 4.12. The van der Waals surface area contributed by atoms with E-state index in [-0.39, 0.29) is 6.61 Å². The summed E-state index contributed by atoms with van der Waals surface area (Å²) in [7, 11) is 1.36. The molecule has 102 valence electrons. The van der Waals surface area contributed by atoms with Gasteiger partial charge in [-0.05, 0) is 17.7 Å². The van der Waals surface area contributed by atoms with Crippen LogP contribution in [0.4, 0.5) is 0 Å². The molecule has 1 unspecified atom stereocenters. The summed E-state index contributed by atoms with van der Waals surface area (Å²) < 4.78 is 4.71. The Balaban J connectivity index is 2.64. The molecule has 1 atom stereocenters. The normalized spacial score (nSPS) is 12.3. The third-order valence-corrected chi connectivity index (χ3v) is 2.61. The van der Waals surface area contributed by atoms with Crippen LogP contribution < -0.4 is 5.32 Å². The van der Waals surface area contributed by atoms with Gasteiger partial charge in [-0.1, -0.05) is 29.8 Å². The molecule has 6 heteroatoms. The summed E-state index contributed by atoms with van der Waals surface area (Å²) in [6.45, 7) is -0.0962. The van der Waals surface area contributed by atoms with Crippen molar-refractivity contribution in [1.29, 1.82) is 0 Å². The highest BCUT2D eigenvalue weighted by Crippen LogP contribution is 2.15. The van der Waals surface area contributed by atoms with Crippen molar-refractivity contribution in [3.05, 3.63) is 40.9 Å². The predicted octanol–water partition coefficient (Wildman–Crippen LogP) is 1.57. The van der Waals surface area contributed by atoms with Crippen LogP contribution in [-0.2, 0) is 14.3 Å². The van der Waals surface area contributed by atoms with Gasteiger partial charge >= 0.3 is 5.97 Å². The molecule has 0 heterocycles. The standard InChI is InChI=1S/C13H14ClNO4/c1-19-8-11(13(17)18)15-12(16)7-6-9-4-2-3-5-10(9)14/h2-7,11H,8H2,1H3,(H,15,16)(H,17,18)/b7-6+. The molecule has 0 saturated carbocycles. The molecule has 1 rings (SSSR count). The minimum Gasteiger partial charge on any atom is -0.480 e. The fourth-order valence-corrected chi connectivity index (χ4v) is 1.54. The van der Waals surface area contributed by atoms with Crippen LogP contribution in [0.5, 0.6) is 0 Å². The zero-order valence-corrected chi connectivity index (χ0v) is 11.1. The fourth-order valence-electron chi connectivity index (χ4n) is 1.34. The molecular formula is C13H14ClNO4. The molecule has 0 fully saturated rings. The maximum atomic E-state index is 11.6. The maximum absolute atomic E-state index is 11.6. The average Bonchev–Trinajstić information content (AvgIpc) is 2.37. The van der Waals surface area contributed by atoms with Crippen LogP contribution in [0.1, 0.15) is 5.56 Å². The zero-order valence-electron chi connectivity index (χ0n) is 10.3. The number of hydrogen-bond acceptors (Lipinski definition) is 3. The van der Waals surface area contributed by atoms with Crippen LogP contribution in [0.2, 0.25) is 5.02 Å². The first kappa shape index (κ1) is 15.2. The number of nitrogens with one attached hydrogen (secondary N) is 1. The van der Waals surface area contributed by atoms with Gasteiger partial charge < -0.3 is 15.2 Å². The van der Waals surface area contributed by atoms with Gasteiger partial charge in [0.15, 0.2) is 6.04 Å². The van der Waals surface area contributed by atoms with Gasteiger partial charge in [-0.3, -0.25) is 4.79 Å². The number of amides is 1. The molecule has 1 aromatic carbocycles. The molecule has 1 amide bonds. The van der Waals surface area contributed by atoms with Gasteiger partial charge in [-0.15, -0.1) is 0 Å². The lowest BCUT2D eigenvalue weighted by Crippen LogP contribution is -2.43. The van der Waals surface area contributed by atoms with Gasteiger partial charge in [0, 0.05) is 18.2 Å². The van der Waals surface area contributed by atoms with E-state index >= 15 is 0 Å². The first-order valence-electron chi connectivity index (χ1n) is 5.49. The first-order valence-corrected chi connectivity index (χ1v) is 5.87. The molecule has 1 aromatic rings. The molecule has 0 radical (unpaired) electrons. The van der Waals surface area contributed by atoms with Gasteiger partial charge in [-0.2, -0.15) is 0 Å². The van der Waals surface area contributed by atoms with Gasteiger partial charge in [0.25, 0.3) is 0 Å². The van der Waals surface area contributed by atoms with Crippen molar-refractivity contribution in [3.8, 4) is 0 Å². The fraction of sp³-hybridized carbons (Fsp3) is 0.231. The summed E-state index contributed by atoms with van der Waals surface area (Å²) in [6.07, 6.45) is 2.75. The Labute approximate surface area is 115 Å². The summed E-state index contributed by atoms with van der Waals surface area (Å²) in [4.78, 5) is 22.4. The van der Waals surface area contributed by atoms with E-state index < -0.39 is 17.9 Å². The smallest absolute Gasteiger partial charge is 0.328 e. The minimum absolute atomic E-state index is 0.0962. The second-order valence-electron chi connectivity index (χ2n) is 3.71. The number of carbonyl (C=O) groups is 2. The number of carbonyl (C=O) groups excluding carboxylic acids is 1. The SMILES string of the molecule is COCC(NC(=O)/C=C/c1ccccc1Cl)C(=O)O. The number of aliphatic carboxylic acids is 1. The van der Waals surface area contributed by atoms with Crippen LogP contribution in [0.25, 0.3) is 6.08 Å². The van der Waals surface area contributed by atoms with Crippen LogP contribution in [-0.4, -0.2) is 36.7 Å². The minimum atomic E-state index is -1.15. The first-order chi connectivity index (χ1) is 9.04. The van der Waals surface area contributed by atoms with E-state index in [0.29, 0.717) is 10.6 Å². The van der Waals surface area contributed by atoms with E-state index in [2.05, 4.69) is 5.32 Å². The molecule has 5 nitrogen and oxygen atoms in total. The lowest BCUT2D eigenvalue weighted by Gasteiger charge is -2.11. The number of methoxy groups -OCH3 is 1. The summed E-state index contributed by atoms with van der Waals surface area (Å²) in [6, 6.07) is 5.93. The second kappa shape index (κ2) is 7.56. The summed E-state index contributed by atoms with van der Waals surface area (Å²) in [5.74, 6) is -1.68. The van der Waals surface area contributed by atoms with Crippen molar-refractivity contribution in [2.45, 2.75) is 6.04 Å². The van der Waals surface area contributed by atoms with Crippen LogP contribution in [0.3, 0.4) is 0 Å². The summed E-state index contributed by atoms with van der Waals surface area (Å²) in [5, 5.41) is 11.7. The molecule has 0 aliphatic carbocycles. The quantitative estimate of drug-likeness (QED) is 0.777. The van der Waals surface area contributed by atoms with Crippen molar-refractivity contribution < 1.29 is 19.4 Å². The van der Waals surface area contributed by atoms with Crippen LogP contribution >= 0.6 is 11.6 Å². The van der Waals surface area contributed by atoms with Gasteiger partial charge in [0.2, 0.25) is 5.91 Å². The summed E-state index contributed by atoms with van der Waals surface area (Å²) in [5.41, 5.74) is 0.679. The number of carboxylic acid groups (broad SMARTS) is 1. The Hall–Kier alpha value is -1.85. The Kier molecular flexibility index (Phi) is 6.05. The van der Waals surface area contributed by atoms with Crippen molar-refractivity contribution >= 4 is 29.6 Å². The van der Waals surface area contributed by atoms with E-state index in [1.807, 2.05) is 0 Å². The molecule has 19 heavy (non-hydrogen) atoms. The average molecular weight is 284 g/mol. The third-order valence-electron chi connectivity index (χ3n) is 2.27. The molecule has 0 bridgehead atoms. The Bertz CT molecular complexity index is 487. The number of rotatable bonds is 6. The van der Waals surface area contributed by atoms with Crippen molar-refractivity contribution in [2.24, 2.45) is 0 Å². The Morgan fingerprint density at radius 2 is 2.16 bits per heavy atom. The van der Waals surface area contributed by atoms with Gasteiger partial charge in [-0.25, -0.2) is 4.79 Å². The number of benzene rings is 1. The van der Waals surface area contributed by atoms with E-state index in [1.165, 1.54) is 19.3 Å². The molecular weight excluding hydrogens is 270 g/mol. The monoisotopic (exact) mass is 283 g/mol. The van der Waals surface area contributed by atoms with Crippen molar-refractivity contribution in [1.82, 2.24) is 5.32 Å². The van der Waals surface area contributed by atoms with E-state index in [4.69, 9.17) is 21.4 Å². The maximum Gasteiger partial charge on any atom is 0.328 e. The van der Waals surface area contributed by atoms with Crippen LogP contribution in [0, 0.1) is 0 Å². The topological polar surface area (TPSA) is 75.6 Å². The van der Waals surface area contributed by atoms with Crippen LogP contribution in [0.15, 0.2) is 30.3 Å². The Morgan fingerprint density at radius 1 is 1.47 bits per heavy atom. The number of ether oxygens (including phenoxy) is 1. The molecule has 0 saturated heterocycles. The van der Waals surface area contributed by atoms with Crippen molar-refractivity contribution in [3.63, 3.8) is 0 Å². The zero-order chi connectivity index (χ0) is 14.3. The molecule has 2 N–H and O–H groups in total. The molecule has 0 aromatic heterocycles.